The maximum absolute atomic E-state index is 6.52. The van der Waals surface area contributed by atoms with Crippen LogP contribution in [0.4, 0.5) is 0 Å². The summed E-state index contributed by atoms with van der Waals surface area (Å²) >= 11 is 0. The fourth-order valence-electron chi connectivity index (χ4n) is 4.47. The molecule has 0 aliphatic heterocycles. The molecule has 4 aromatic rings. The third-order valence-corrected chi connectivity index (χ3v) is 6.86. The Morgan fingerprint density at radius 2 is 1.51 bits per heavy atom. The zero-order valence-electron chi connectivity index (χ0n) is 23.2. The molecule has 2 heterocycles. The van der Waals surface area contributed by atoms with Gasteiger partial charge in [-0.25, -0.2) is 4.98 Å². The van der Waals surface area contributed by atoms with E-state index < -0.39 is 9.04 Å². The summed E-state index contributed by atoms with van der Waals surface area (Å²) < 4.78 is 21.2. The van der Waals surface area contributed by atoms with Crippen molar-refractivity contribution in [3.63, 3.8) is 0 Å². The summed E-state index contributed by atoms with van der Waals surface area (Å²) in [4.78, 5) is 5.08. The van der Waals surface area contributed by atoms with Gasteiger partial charge in [-0.05, 0) is 68.3 Å². The van der Waals surface area contributed by atoms with Crippen LogP contribution in [0.15, 0.2) is 66.7 Å². The summed E-state index contributed by atoms with van der Waals surface area (Å²) in [5.74, 6) is 2.91. The van der Waals surface area contributed by atoms with Gasteiger partial charge in [0, 0.05) is 22.5 Å². The highest BCUT2D eigenvalue weighted by Gasteiger charge is 2.30. The number of aryl methyl sites for hydroxylation is 2. The van der Waals surface area contributed by atoms with Crippen molar-refractivity contribution < 1.29 is 13.9 Å². The predicted molar refractivity (Wildman–Crippen MR) is 153 cm³/mol. The molecule has 37 heavy (non-hydrogen) atoms. The Morgan fingerprint density at radius 3 is 2.11 bits per heavy atom. The SMILES string of the molecule is COc1c(-c2cccc(-n3c(C)ccc3C)n2)cc(C(C)(C)C)c(OCc2ccccc2)c1O[Si](C)C. The smallest absolute Gasteiger partial charge is 0.274 e. The van der Waals surface area contributed by atoms with Gasteiger partial charge in [-0.15, -0.1) is 0 Å². The van der Waals surface area contributed by atoms with Crippen molar-refractivity contribution in [1.82, 2.24) is 9.55 Å². The minimum Gasteiger partial charge on any atom is -0.538 e. The molecule has 193 valence electrons. The number of pyridine rings is 1. The molecule has 0 saturated heterocycles. The van der Waals surface area contributed by atoms with Gasteiger partial charge in [-0.2, -0.15) is 0 Å². The number of rotatable bonds is 8. The fourth-order valence-corrected chi connectivity index (χ4v) is 5.06. The van der Waals surface area contributed by atoms with Crippen LogP contribution in [0.3, 0.4) is 0 Å². The van der Waals surface area contributed by atoms with Gasteiger partial charge in [0.05, 0.1) is 12.8 Å². The van der Waals surface area contributed by atoms with Crippen LogP contribution in [-0.2, 0) is 12.0 Å². The Hall–Kier alpha value is -3.51. The maximum atomic E-state index is 6.52. The van der Waals surface area contributed by atoms with Crippen LogP contribution in [0, 0.1) is 13.8 Å². The van der Waals surface area contributed by atoms with E-state index in [0.29, 0.717) is 18.1 Å². The van der Waals surface area contributed by atoms with Crippen LogP contribution in [0.2, 0.25) is 13.1 Å². The highest BCUT2D eigenvalue weighted by atomic mass is 28.3. The average molecular weight is 514 g/mol. The molecular weight excluding hydrogens is 476 g/mol. The number of methoxy groups -OCH3 is 1. The monoisotopic (exact) mass is 513 g/mol. The van der Waals surface area contributed by atoms with Crippen molar-refractivity contribution >= 4 is 9.04 Å². The predicted octanol–water partition coefficient (Wildman–Crippen LogP) is 7.67. The van der Waals surface area contributed by atoms with Gasteiger partial charge in [0.2, 0.25) is 0 Å². The summed E-state index contributed by atoms with van der Waals surface area (Å²) in [6, 6.07) is 22.7. The summed E-state index contributed by atoms with van der Waals surface area (Å²) in [5.41, 5.74) is 5.95. The molecule has 0 atom stereocenters. The zero-order chi connectivity index (χ0) is 26.7. The minimum absolute atomic E-state index is 0.204. The van der Waals surface area contributed by atoms with E-state index in [1.54, 1.807) is 7.11 Å². The van der Waals surface area contributed by atoms with E-state index in [0.717, 1.165) is 45.3 Å². The van der Waals surface area contributed by atoms with Crippen LogP contribution < -0.4 is 13.9 Å². The number of nitrogens with zero attached hydrogens (tertiary/aromatic N) is 2. The molecule has 2 aromatic heterocycles. The zero-order valence-corrected chi connectivity index (χ0v) is 24.2. The molecular formula is C31H37N2O3Si. The van der Waals surface area contributed by atoms with Crippen molar-refractivity contribution in [2.24, 2.45) is 0 Å². The Labute approximate surface area is 222 Å². The van der Waals surface area contributed by atoms with Crippen molar-refractivity contribution in [2.75, 3.05) is 7.11 Å². The lowest BCUT2D eigenvalue weighted by Crippen LogP contribution is -2.18. The fraction of sp³-hybridized carbons (Fsp3) is 0.323. The molecule has 4 rings (SSSR count). The summed E-state index contributed by atoms with van der Waals surface area (Å²) in [5, 5.41) is 0. The molecule has 1 radical (unpaired) electrons. The lowest BCUT2D eigenvalue weighted by atomic mass is 9.84. The first-order chi connectivity index (χ1) is 17.6. The van der Waals surface area contributed by atoms with Gasteiger partial charge < -0.3 is 18.5 Å². The molecule has 0 bridgehead atoms. The number of aromatic nitrogens is 2. The molecule has 6 heteroatoms. The van der Waals surface area contributed by atoms with Crippen LogP contribution >= 0.6 is 0 Å². The quantitative estimate of drug-likeness (QED) is 0.227. The summed E-state index contributed by atoms with van der Waals surface area (Å²) in [6.45, 7) is 15.4. The standard InChI is InChI=1S/C31H37N2O3Si/c1-21-17-18-22(2)33(21)27-16-12-15-26(32-27)24-19-25(31(3,4)5)29(30(28(24)34-6)36-37(7)8)35-20-23-13-10-9-11-14-23/h9-19H,20H2,1-8H3. The van der Waals surface area contributed by atoms with Gasteiger partial charge in [-0.1, -0.05) is 57.2 Å². The lowest BCUT2D eigenvalue weighted by Gasteiger charge is -2.28. The van der Waals surface area contributed by atoms with Crippen LogP contribution in [0.1, 0.15) is 43.3 Å². The van der Waals surface area contributed by atoms with Gasteiger partial charge in [0.15, 0.2) is 17.2 Å². The molecule has 0 saturated carbocycles. The molecule has 0 N–H and O–H groups in total. The largest absolute Gasteiger partial charge is 0.538 e. The molecule has 0 aliphatic carbocycles. The van der Waals surface area contributed by atoms with E-state index in [1.807, 2.05) is 36.4 Å². The molecule has 0 fully saturated rings. The van der Waals surface area contributed by atoms with Gasteiger partial charge in [0.1, 0.15) is 12.4 Å². The second kappa shape index (κ2) is 10.8. The van der Waals surface area contributed by atoms with E-state index in [9.17, 15) is 0 Å². The van der Waals surface area contributed by atoms with Crippen molar-refractivity contribution in [3.8, 4) is 34.3 Å². The van der Waals surface area contributed by atoms with E-state index in [1.165, 1.54) is 0 Å². The van der Waals surface area contributed by atoms with E-state index in [-0.39, 0.29) is 5.41 Å². The van der Waals surface area contributed by atoms with Gasteiger partial charge in [0.25, 0.3) is 9.04 Å². The first-order valence-corrected chi connectivity index (χ1v) is 15.0. The molecule has 0 aliphatic rings. The van der Waals surface area contributed by atoms with Gasteiger partial charge in [-0.3, -0.25) is 0 Å². The molecule has 0 amide bonds. The number of hydrogen-bond donors (Lipinski definition) is 0. The summed E-state index contributed by atoms with van der Waals surface area (Å²) in [7, 11) is 0.565. The van der Waals surface area contributed by atoms with E-state index in [2.05, 4.69) is 82.6 Å². The van der Waals surface area contributed by atoms with E-state index in [4.69, 9.17) is 18.9 Å². The number of ether oxygens (including phenoxy) is 2. The van der Waals surface area contributed by atoms with Crippen LogP contribution in [0.25, 0.3) is 17.1 Å². The van der Waals surface area contributed by atoms with Crippen molar-refractivity contribution in [3.05, 3.63) is 89.2 Å². The Balaban J connectivity index is 1.92. The normalized spacial score (nSPS) is 11.6. The Kier molecular flexibility index (Phi) is 7.78. The van der Waals surface area contributed by atoms with Gasteiger partial charge >= 0.3 is 0 Å². The average Bonchev–Trinajstić information content (AvgIpc) is 3.20. The first kappa shape index (κ1) is 26.5. The molecule has 5 nitrogen and oxygen atoms in total. The highest BCUT2D eigenvalue weighted by Crippen LogP contribution is 2.50. The lowest BCUT2D eigenvalue weighted by molar-refractivity contribution is 0.283. The van der Waals surface area contributed by atoms with E-state index >= 15 is 0 Å². The van der Waals surface area contributed by atoms with Crippen molar-refractivity contribution in [2.45, 2.75) is 59.7 Å². The molecule has 0 unspecified atom stereocenters. The van der Waals surface area contributed by atoms with Crippen LogP contribution in [0.5, 0.6) is 17.2 Å². The third-order valence-electron chi connectivity index (χ3n) is 6.25. The second-order valence-corrected chi connectivity index (χ2v) is 12.6. The Bertz CT molecular complexity index is 1350. The minimum atomic E-state index is -1.12. The summed E-state index contributed by atoms with van der Waals surface area (Å²) in [6.07, 6.45) is 0. The molecule has 2 aromatic carbocycles. The number of benzene rings is 2. The molecule has 0 spiro atoms. The maximum Gasteiger partial charge on any atom is 0.274 e. The van der Waals surface area contributed by atoms with Crippen molar-refractivity contribution in [1.29, 1.82) is 0 Å². The first-order valence-electron chi connectivity index (χ1n) is 12.6. The third kappa shape index (κ3) is 5.75. The van der Waals surface area contributed by atoms with Crippen LogP contribution in [-0.4, -0.2) is 25.7 Å². The topological polar surface area (TPSA) is 45.5 Å². The highest BCUT2D eigenvalue weighted by molar-refractivity contribution is 6.49. The number of hydrogen-bond acceptors (Lipinski definition) is 4. The second-order valence-electron chi connectivity index (χ2n) is 10.5. The Morgan fingerprint density at radius 1 is 0.838 bits per heavy atom.